The zero-order valence-corrected chi connectivity index (χ0v) is 10.2. The Labute approximate surface area is 99.1 Å². The summed E-state index contributed by atoms with van der Waals surface area (Å²) >= 11 is 1.61. The average Bonchev–Trinajstić information content (AvgIpc) is 2.67. The van der Waals surface area contributed by atoms with E-state index in [9.17, 15) is 0 Å². The van der Waals surface area contributed by atoms with Gasteiger partial charge in [-0.2, -0.15) is 0 Å². The molecule has 0 saturated heterocycles. The van der Waals surface area contributed by atoms with E-state index in [0.29, 0.717) is 6.61 Å². The van der Waals surface area contributed by atoms with Crippen LogP contribution >= 0.6 is 11.3 Å². The van der Waals surface area contributed by atoms with Gasteiger partial charge in [0.25, 0.3) is 0 Å². The predicted octanol–water partition coefficient (Wildman–Crippen LogP) is 3.59. The molecule has 0 spiro atoms. The van der Waals surface area contributed by atoms with E-state index in [-0.39, 0.29) is 0 Å². The third-order valence-electron chi connectivity index (χ3n) is 2.04. The van der Waals surface area contributed by atoms with Gasteiger partial charge in [0.15, 0.2) is 5.13 Å². The maximum Gasteiger partial charge on any atom is 0.187 e. The number of ether oxygens (including phenoxy) is 1. The van der Waals surface area contributed by atoms with Gasteiger partial charge in [-0.05, 0) is 38.1 Å². The molecule has 1 aromatic heterocycles. The first kappa shape index (κ1) is 11.0. The van der Waals surface area contributed by atoms with E-state index >= 15 is 0 Å². The third kappa shape index (κ3) is 2.73. The summed E-state index contributed by atoms with van der Waals surface area (Å²) in [5.41, 5.74) is 2.07. The number of hydrogen-bond donors (Lipinski definition) is 1. The first-order valence-electron chi connectivity index (χ1n) is 5.20. The van der Waals surface area contributed by atoms with Crippen LogP contribution in [-0.2, 0) is 0 Å². The molecule has 0 bridgehead atoms. The Morgan fingerprint density at radius 3 is 2.62 bits per heavy atom. The molecule has 0 aliphatic heterocycles. The molecule has 2 rings (SSSR count). The summed E-state index contributed by atoms with van der Waals surface area (Å²) in [6.07, 6.45) is 0. The van der Waals surface area contributed by atoms with E-state index in [1.807, 2.05) is 43.5 Å². The van der Waals surface area contributed by atoms with Crippen LogP contribution in [-0.4, -0.2) is 11.6 Å². The van der Waals surface area contributed by atoms with Gasteiger partial charge in [-0.15, -0.1) is 11.3 Å². The largest absolute Gasteiger partial charge is 0.494 e. The van der Waals surface area contributed by atoms with E-state index < -0.39 is 0 Å². The Bertz CT molecular complexity index is 450. The van der Waals surface area contributed by atoms with Crippen molar-refractivity contribution >= 4 is 22.2 Å². The van der Waals surface area contributed by atoms with Crippen LogP contribution in [0.25, 0.3) is 0 Å². The monoisotopic (exact) mass is 234 g/mol. The summed E-state index contributed by atoms with van der Waals surface area (Å²) in [6.45, 7) is 4.66. The van der Waals surface area contributed by atoms with Crippen LogP contribution in [0.4, 0.5) is 10.8 Å². The van der Waals surface area contributed by atoms with Crippen molar-refractivity contribution in [2.75, 3.05) is 11.9 Å². The molecule has 0 unspecified atom stereocenters. The first-order valence-corrected chi connectivity index (χ1v) is 6.08. The van der Waals surface area contributed by atoms with Crippen LogP contribution in [0.1, 0.15) is 12.6 Å². The molecule has 4 heteroatoms. The van der Waals surface area contributed by atoms with Crippen molar-refractivity contribution in [3.63, 3.8) is 0 Å². The molecule has 0 radical (unpaired) electrons. The third-order valence-corrected chi connectivity index (χ3v) is 2.91. The molecule has 2 aromatic rings. The number of benzene rings is 1. The average molecular weight is 234 g/mol. The predicted molar refractivity (Wildman–Crippen MR) is 67.7 cm³/mol. The number of anilines is 2. The lowest BCUT2D eigenvalue weighted by Gasteiger charge is -2.05. The Hall–Kier alpha value is -1.55. The quantitative estimate of drug-likeness (QED) is 0.877. The van der Waals surface area contributed by atoms with E-state index in [2.05, 4.69) is 10.3 Å². The number of rotatable bonds is 4. The van der Waals surface area contributed by atoms with Crippen LogP contribution in [0, 0.1) is 6.92 Å². The molecule has 0 aliphatic carbocycles. The Morgan fingerprint density at radius 1 is 1.31 bits per heavy atom. The normalized spacial score (nSPS) is 10.1. The maximum atomic E-state index is 5.37. The number of aryl methyl sites for hydroxylation is 1. The Kier molecular flexibility index (Phi) is 3.41. The molecular formula is C12H14N2OS. The summed E-state index contributed by atoms with van der Waals surface area (Å²) in [5.74, 6) is 0.892. The second kappa shape index (κ2) is 4.99. The van der Waals surface area contributed by atoms with Crippen molar-refractivity contribution in [2.24, 2.45) is 0 Å². The van der Waals surface area contributed by atoms with E-state index in [1.165, 1.54) is 0 Å². The molecule has 1 aromatic carbocycles. The van der Waals surface area contributed by atoms with Crippen molar-refractivity contribution in [2.45, 2.75) is 13.8 Å². The van der Waals surface area contributed by atoms with Crippen molar-refractivity contribution < 1.29 is 4.74 Å². The van der Waals surface area contributed by atoms with Crippen LogP contribution in [0.15, 0.2) is 29.6 Å². The molecule has 0 fully saturated rings. The number of nitrogens with one attached hydrogen (secondary N) is 1. The number of nitrogens with zero attached hydrogens (tertiary/aromatic N) is 1. The van der Waals surface area contributed by atoms with E-state index in [1.54, 1.807) is 11.3 Å². The molecule has 3 nitrogen and oxygen atoms in total. The fourth-order valence-corrected chi connectivity index (χ4v) is 2.04. The van der Waals surface area contributed by atoms with Gasteiger partial charge in [0, 0.05) is 11.1 Å². The lowest BCUT2D eigenvalue weighted by atomic mass is 10.3. The van der Waals surface area contributed by atoms with Gasteiger partial charge in [-0.25, -0.2) is 4.98 Å². The second-order valence-electron chi connectivity index (χ2n) is 3.38. The summed E-state index contributed by atoms with van der Waals surface area (Å²) in [6, 6.07) is 7.88. The first-order chi connectivity index (χ1) is 7.78. The molecule has 84 valence electrons. The van der Waals surface area contributed by atoms with E-state index in [0.717, 1.165) is 22.3 Å². The topological polar surface area (TPSA) is 34.1 Å². The minimum absolute atomic E-state index is 0.693. The zero-order chi connectivity index (χ0) is 11.4. The van der Waals surface area contributed by atoms with Crippen LogP contribution in [0.5, 0.6) is 5.75 Å². The fourth-order valence-electron chi connectivity index (χ4n) is 1.34. The minimum Gasteiger partial charge on any atom is -0.494 e. The van der Waals surface area contributed by atoms with Crippen molar-refractivity contribution in [3.05, 3.63) is 35.3 Å². The highest BCUT2D eigenvalue weighted by atomic mass is 32.1. The molecule has 0 atom stereocenters. The maximum absolute atomic E-state index is 5.37. The standard InChI is InChI=1S/C12H14N2OS/c1-3-15-11-6-4-10(5-7-11)14-12-13-9(2)8-16-12/h4-8H,3H2,1-2H3,(H,13,14). The second-order valence-corrected chi connectivity index (χ2v) is 4.23. The summed E-state index contributed by atoms with van der Waals surface area (Å²) in [5, 5.41) is 6.19. The number of thiazole rings is 1. The molecule has 0 aliphatic rings. The molecule has 1 heterocycles. The molecule has 0 amide bonds. The van der Waals surface area contributed by atoms with Gasteiger partial charge in [0.1, 0.15) is 5.75 Å². The lowest BCUT2D eigenvalue weighted by molar-refractivity contribution is 0.340. The smallest absolute Gasteiger partial charge is 0.187 e. The summed E-state index contributed by atoms with van der Waals surface area (Å²) in [7, 11) is 0. The summed E-state index contributed by atoms with van der Waals surface area (Å²) in [4.78, 5) is 4.34. The van der Waals surface area contributed by atoms with Gasteiger partial charge >= 0.3 is 0 Å². The van der Waals surface area contributed by atoms with Crippen LogP contribution < -0.4 is 10.1 Å². The van der Waals surface area contributed by atoms with E-state index in [4.69, 9.17) is 4.74 Å². The molecule has 0 saturated carbocycles. The van der Waals surface area contributed by atoms with Gasteiger partial charge < -0.3 is 10.1 Å². The highest BCUT2D eigenvalue weighted by molar-refractivity contribution is 7.13. The van der Waals surface area contributed by atoms with Crippen molar-refractivity contribution in [1.82, 2.24) is 4.98 Å². The highest BCUT2D eigenvalue weighted by Gasteiger charge is 1.99. The molecule has 1 N–H and O–H groups in total. The lowest BCUT2D eigenvalue weighted by Crippen LogP contribution is -1.92. The van der Waals surface area contributed by atoms with Gasteiger partial charge in [-0.3, -0.25) is 0 Å². The van der Waals surface area contributed by atoms with Gasteiger partial charge in [0.2, 0.25) is 0 Å². The highest BCUT2D eigenvalue weighted by Crippen LogP contribution is 2.22. The minimum atomic E-state index is 0.693. The Balaban J connectivity index is 2.05. The molecule has 16 heavy (non-hydrogen) atoms. The van der Waals surface area contributed by atoms with Crippen LogP contribution in [0.2, 0.25) is 0 Å². The number of hydrogen-bond acceptors (Lipinski definition) is 4. The fraction of sp³-hybridized carbons (Fsp3) is 0.250. The summed E-state index contributed by atoms with van der Waals surface area (Å²) < 4.78 is 5.37. The van der Waals surface area contributed by atoms with Crippen LogP contribution in [0.3, 0.4) is 0 Å². The van der Waals surface area contributed by atoms with Crippen molar-refractivity contribution in [3.8, 4) is 5.75 Å². The number of aromatic nitrogens is 1. The SMILES string of the molecule is CCOc1ccc(Nc2nc(C)cs2)cc1. The van der Waals surface area contributed by atoms with Crippen molar-refractivity contribution in [1.29, 1.82) is 0 Å². The Morgan fingerprint density at radius 2 is 2.06 bits per heavy atom. The molecular weight excluding hydrogens is 220 g/mol. The zero-order valence-electron chi connectivity index (χ0n) is 9.36. The van der Waals surface area contributed by atoms with Gasteiger partial charge in [-0.1, -0.05) is 0 Å². The van der Waals surface area contributed by atoms with Gasteiger partial charge in [0.05, 0.1) is 12.3 Å².